The normalized spacial score (nSPS) is 14.4. The van der Waals surface area contributed by atoms with Crippen LogP contribution in [0.5, 0.6) is 5.75 Å². The lowest BCUT2D eigenvalue weighted by Gasteiger charge is -2.09. The minimum atomic E-state index is 0.193. The van der Waals surface area contributed by atoms with Gasteiger partial charge in [-0.1, -0.05) is 12.1 Å². The van der Waals surface area contributed by atoms with E-state index in [0.717, 1.165) is 23.2 Å². The lowest BCUT2D eigenvalue weighted by atomic mass is 9.99. The summed E-state index contributed by atoms with van der Waals surface area (Å²) < 4.78 is 1.87. The Morgan fingerprint density at radius 3 is 2.91 bits per heavy atom. The lowest BCUT2D eigenvalue weighted by Crippen LogP contribution is -1.98. The SMILES string of the molecule is Oc1ccccc1-c1nc2cnc3c4c(sc3n2n1)CCCC4. The molecule has 3 aromatic heterocycles. The van der Waals surface area contributed by atoms with Crippen LogP contribution in [-0.4, -0.2) is 24.7 Å². The molecule has 114 valence electrons. The summed E-state index contributed by atoms with van der Waals surface area (Å²) in [6.07, 6.45) is 6.51. The molecule has 23 heavy (non-hydrogen) atoms. The molecule has 6 heteroatoms. The third-order valence-electron chi connectivity index (χ3n) is 4.40. The number of rotatable bonds is 1. The number of nitrogens with zero attached hydrogens (tertiary/aromatic N) is 4. The molecule has 0 unspecified atom stereocenters. The van der Waals surface area contributed by atoms with Crippen LogP contribution in [0.15, 0.2) is 30.5 Å². The molecule has 1 aliphatic carbocycles. The number of fused-ring (bicyclic) bond motifs is 5. The number of hydrogen-bond donors (Lipinski definition) is 1. The molecular weight excluding hydrogens is 308 g/mol. The molecule has 0 saturated heterocycles. The number of aromatic nitrogens is 4. The summed E-state index contributed by atoms with van der Waals surface area (Å²) in [5.74, 6) is 0.724. The van der Waals surface area contributed by atoms with Crippen LogP contribution in [-0.2, 0) is 12.8 Å². The maximum Gasteiger partial charge on any atom is 0.185 e. The summed E-state index contributed by atoms with van der Waals surface area (Å²) >= 11 is 1.78. The van der Waals surface area contributed by atoms with E-state index < -0.39 is 0 Å². The summed E-state index contributed by atoms with van der Waals surface area (Å²) in [7, 11) is 0. The van der Waals surface area contributed by atoms with Crippen LogP contribution >= 0.6 is 11.3 Å². The van der Waals surface area contributed by atoms with Crippen molar-refractivity contribution < 1.29 is 5.11 Å². The minimum absolute atomic E-state index is 0.193. The number of aryl methyl sites for hydroxylation is 2. The van der Waals surface area contributed by atoms with Gasteiger partial charge in [0.15, 0.2) is 11.5 Å². The molecule has 1 aromatic carbocycles. The van der Waals surface area contributed by atoms with Gasteiger partial charge in [-0.2, -0.15) is 4.52 Å². The number of phenolic OH excluding ortho intramolecular Hbond substituents is 1. The Labute approximate surface area is 136 Å². The lowest BCUT2D eigenvalue weighted by molar-refractivity contribution is 0.477. The second kappa shape index (κ2) is 4.76. The topological polar surface area (TPSA) is 63.3 Å². The van der Waals surface area contributed by atoms with E-state index in [1.807, 2.05) is 16.6 Å². The molecule has 0 atom stereocenters. The summed E-state index contributed by atoms with van der Waals surface area (Å²) in [4.78, 5) is 11.7. The van der Waals surface area contributed by atoms with E-state index in [2.05, 4.69) is 15.1 Å². The molecule has 1 aliphatic rings. The molecule has 0 saturated carbocycles. The van der Waals surface area contributed by atoms with Gasteiger partial charge in [-0.3, -0.25) is 0 Å². The van der Waals surface area contributed by atoms with Gasteiger partial charge in [-0.25, -0.2) is 9.97 Å². The van der Waals surface area contributed by atoms with Gasteiger partial charge >= 0.3 is 0 Å². The fourth-order valence-electron chi connectivity index (χ4n) is 3.27. The molecule has 0 amide bonds. The zero-order valence-corrected chi connectivity index (χ0v) is 13.2. The summed E-state index contributed by atoms with van der Waals surface area (Å²) in [6, 6.07) is 7.15. The third-order valence-corrected chi connectivity index (χ3v) is 5.66. The molecule has 5 rings (SSSR count). The Morgan fingerprint density at radius 2 is 2.00 bits per heavy atom. The first kappa shape index (κ1) is 13.0. The first-order valence-corrected chi connectivity index (χ1v) is 8.57. The number of aromatic hydroxyl groups is 1. The van der Waals surface area contributed by atoms with E-state index in [4.69, 9.17) is 0 Å². The maximum absolute atomic E-state index is 10.0. The van der Waals surface area contributed by atoms with Crippen molar-refractivity contribution in [1.29, 1.82) is 0 Å². The van der Waals surface area contributed by atoms with Gasteiger partial charge in [-0.15, -0.1) is 16.4 Å². The standard InChI is InChI=1S/C17H14N4OS/c22-12-7-3-1-5-10(12)16-19-14-9-18-15-11-6-2-4-8-13(11)23-17(15)21(14)20-16/h1,3,5,7,9,22H,2,4,6,8H2. The molecular formula is C17H14N4OS. The Bertz CT molecular complexity index is 1050. The Balaban J connectivity index is 1.78. The Hall–Kier alpha value is -2.47. The average molecular weight is 322 g/mol. The van der Waals surface area contributed by atoms with Crippen molar-refractivity contribution in [3.63, 3.8) is 0 Å². The van der Waals surface area contributed by atoms with E-state index in [9.17, 15) is 5.11 Å². The van der Waals surface area contributed by atoms with Crippen molar-refractivity contribution in [2.45, 2.75) is 25.7 Å². The van der Waals surface area contributed by atoms with Crippen LogP contribution in [0.1, 0.15) is 23.3 Å². The second-order valence-electron chi connectivity index (χ2n) is 5.85. The maximum atomic E-state index is 10.0. The third kappa shape index (κ3) is 1.88. The predicted molar refractivity (Wildman–Crippen MR) is 89.9 cm³/mol. The molecule has 1 N–H and O–H groups in total. The van der Waals surface area contributed by atoms with Crippen LogP contribution in [0, 0.1) is 0 Å². The van der Waals surface area contributed by atoms with Crippen LogP contribution in [0.25, 0.3) is 27.4 Å². The molecule has 0 bridgehead atoms. The van der Waals surface area contributed by atoms with Crippen LogP contribution in [0.2, 0.25) is 0 Å². The highest BCUT2D eigenvalue weighted by Gasteiger charge is 2.20. The van der Waals surface area contributed by atoms with Gasteiger partial charge in [0.2, 0.25) is 0 Å². The van der Waals surface area contributed by atoms with Gasteiger partial charge < -0.3 is 5.11 Å². The van der Waals surface area contributed by atoms with Crippen molar-refractivity contribution in [1.82, 2.24) is 19.6 Å². The molecule has 0 fully saturated rings. The largest absolute Gasteiger partial charge is 0.507 e. The number of thiophene rings is 1. The molecule has 4 aromatic rings. The zero-order valence-electron chi connectivity index (χ0n) is 12.4. The number of hydrogen-bond acceptors (Lipinski definition) is 5. The second-order valence-corrected chi connectivity index (χ2v) is 6.93. The average Bonchev–Trinajstić information content (AvgIpc) is 3.16. The van der Waals surface area contributed by atoms with Crippen molar-refractivity contribution >= 4 is 27.3 Å². The van der Waals surface area contributed by atoms with Crippen LogP contribution in [0.4, 0.5) is 0 Å². The Morgan fingerprint density at radius 1 is 1.13 bits per heavy atom. The molecule has 3 heterocycles. The number of para-hydroxylation sites is 1. The van der Waals surface area contributed by atoms with Gasteiger partial charge in [0.05, 0.1) is 11.8 Å². The van der Waals surface area contributed by atoms with Crippen molar-refractivity contribution in [2.75, 3.05) is 0 Å². The van der Waals surface area contributed by atoms with E-state index in [1.54, 1.807) is 29.7 Å². The highest BCUT2D eigenvalue weighted by atomic mass is 32.1. The molecule has 0 radical (unpaired) electrons. The van der Waals surface area contributed by atoms with Crippen molar-refractivity contribution in [2.24, 2.45) is 0 Å². The van der Waals surface area contributed by atoms with Crippen molar-refractivity contribution in [3.8, 4) is 17.1 Å². The summed E-state index contributed by atoms with van der Waals surface area (Å²) in [5, 5.41) is 14.7. The zero-order chi connectivity index (χ0) is 15.4. The van der Waals surface area contributed by atoms with E-state index in [-0.39, 0.29) is 5.75 Å². The molecule has 0 aliphatic heterocycles. The number of benzene rings is 1. The fraction of sp³-hybridized carbons (Fsp3) is 0.235. The first-order valence-electron chi connectivity index (χ1n) is 7.75. The van der Waals surface area contributed by atoms with Crippen LogP contribution < -0.4 is 0 Å². The van der Waals surface area contributed by atoms with E-state index >= 15 is 0 Å². The van der Waals surface area contributed by atoms with Gasteiger partial charge in [0.1, 0.15) is 16.1 Å². The van der Waals surface area contributed by atoms with Gasteiger partial charge in [0, 0.05) is 4.88 Å². The fourth-order valence-corrected chi connectivity index (χ4v) is 4.56. The summed E-state index contributed by atoms with van der Waals surface area (Å²) in [6.45, 7) is 0. The monoisotopic (exact) mass is 322 g/mol. The van der Waals surface area contributed by atoms with Gasteiger partial charge in [0.25, 0.3) is 0 Å². The first-order chi connectivity index (χ1) is 11.3. The summed E-state index contributed by atoms with van der Waals surface area (Å²) in [5.41, 5.74) is 3.81. The Kier molecular flexibility index (Phi) is 2.69. The van der Waals surface area contributed by atoms with Gasteiger partial charge in [-0.05, 0) is 43.4 Å². The molecule has 0 spiro atoms. The van der Waals surface area contributed by atoms with Crippen molar-refractivity contribution in [3.05, 3.63) is 40.9 Å². The molecule has 5 nitrogen and oxygen atoms in total. The number of phenols is 1. The van der Waals surface area contributed by atoms with Crippen LogP contribution in [0.3, 0.4) is 0 Å². The highest BCUT2D eigenvalue weighted by Crippen LogP contribution is 2.36. The minimum Gasteiger partial charge on any atom is -0.507 e. The quantitative estimate of drug-likeness (QED) is 0.582. The highest BCUT2D eigenvalue weighted by molar-refractivity contribution is 7.18. The predicted octanol–water partition coefficient (Wildman–Crippen LogP) is 3.59. The van der Waals surface area contributed by atoms with E-state index in [0.29, 0.717) is 17.0 Å². The smallest absolute Gasteiger partial charge is 0.185 e. The van der Waals surface area contributed by atoms with E-state index in [1.165, 1.54) is 23.3 Å².